The molecule has 0 radical (unpaired) electrons. The minimum absolute atomic E-state index is 0.000833. The molecule has 82 valence electrons. The minimum atomic E-state index is -1.08. The van der Waals surface area contributed by atoms with Gasteiger partial charge in [-0.1, -0.05) is 6.92 Å². The van der Waals surface area contributed by atoms with E-state index in [0.29, 0.717) is 12.2 Å². The zero-order valence-electron chi connectivity index (χ0n) is 9.02. The van der Waals surface area contributed by atoms with Gasteiger partial charge in [0.25, 0.3) is 0 Å². The van der Waals surface area contributed by atoms with Gasteiger partial charge in [-0.3, -0.25) is 0 Å². The van der Waals surface area contributed by atoms with Crippen LogP contribution in [0.1, 0.15) is 37.0 Å². The molecule has 1 aromatic rings. The highest BCUT2D eigenvalue weighted by Crippen LogP contribution is 2.16. The van der Waals surface area contributed by atoms with Crippen molar-refractivity contribution in [2.75, 3.05) is 0 Å². The number of carboxylic acid groups (broad SMARTS) is 1. The number of carboxylic acids is 1. The van der Waals surface area contributed by atoms with E-state index in [0.717, 1.165) is 0 Å². The Bertz CT molecular complexity index is 364. The third kappa shape index (κ3) is 2.90. The summed E-state index contributed by atoms with van der Waals surface area (Å²) in [5, 5.41) is 8.88. The summed E-state index contributed by atoms with van der Waals surface area (Å²) in [7, 11) is 0. The summed E-state index contributed by atoms with van der Waals surface area (Å²) in [6.45, 7) is 5.54. The Morgan fingerprint density at radius 1 is 1.60 bits per heavy atom. The molecule has 0 atom stereocenters. The van der Waals surface area contributed by atoms with Gasteiger partial charge < -0.3 is 9.84 Å². The number of aromatic carboxylic acids is 1. The number of aromatic nitrogens is 2. The molecular weight excluding hydrogens is 196 g/mol. The fourth-order valence-electron chi connectivity index (χ4n) is 1.03. The lowest BCUT2D eigenvalue weighted by molar-refractivity contribution is 0.0688. The van der Waals surface area contributed by atoms with Crippen LogP contribution in [0, 0.1) is 0 Å². The number of nitrogens with zero attached hydrogens (tertiary/aromatic N) is 2. The van der Waals surface area contributed by atoms with Gasteiger partial charge in [0.05, 0.1) is 6.10 Å². The number of ether oxygens (including phenoxy) is 1. The van der Waals surface area contributed by atoms with Crippen LogP contribution >= 0.6 is 0 Å². The maximum Gasteiger partial charge on any atom is 0.342 e. The number of hydrogen-bond acceptors (Lipinski definition) is 4. The summed E-state index contributed by atoms with van der Waals surface area (Å²) in [5.74, 6) is -0.353. The molecule has 15 heavy (non-hydrogen) atoms. The standard InChI is InChI=1S/C10H14N2O3/c1-4-8-11-5-7(10(13)14)9(12-8)15-6(2)3/h5-6H,4H2,1-3H3,(H,13,14). The van der Waals surface area contributed by atoms with Crippen LogP contribution in [0.5, 0.6) is 5.88 Å². The topological polar surface area (TPSA) is 72.3 Å². The van der Waals surface area contributed by atoms with E-state index in [9.17, 15) is 4.79 Å². The van der Waals surface area contributed by atoms with E-state index in [2.05, 4.69) is 9.97 Å². The molecule has 0 aliphatic carbocycles. The van der Waals surface area contributed by atoms with Crippen molar-refractivity contribution >= 4 is 5.97 Å². The Morgan fingerprint density at radius 3 is 2.73 bits per heavy atom. The number of rotatable bonds is 4. The Kier molecular flexibility index (Phi) is 3.60. The molecular formula is C10H14N2O3. The molecule has 0 aliphatic heterocycles. The molecule has 1 N–H and O–H groups in total. The van der Waals surface area contributed by atoms with E-state index in [1.54, 1.807) is 0 Å². The van der Waals surface area contributed by atoms with E-state index < -0.39 is 5.97 Å². The van der Waals surface area contributed by atoms with E-state index >= 15 is 0 Å². The maximum absolute atomic E-state index is 10.8. The summed E-state index contributed by atoms with van der Waals surface area (Å²) in [5.41, 5.74) is 0.000833. The summed E-state index contributed by atoms with van der Waals surface area (Å²) < 4.78 is 5.32. The third-order valence-corrected chi connectivity index (χ3v) is 1.70. The number of carbonyl (C=O) groups is 1. The summed E-state index contributed by atoms with van der Waals surface area (Å²) >= 11 is 0. The molecule has 1 heterocycles. The number of hydrogen-bond donors (Lipinski definition) is 1. The molecule has 0 fully saturated rings. The van der Waals surface area contributed by atoms with Crippen LogP contribution in [0.3, 0.4) is 0 Å². The van der Waals surface area contributed by atoms with E-state index in [1.807, 2.05) is 20.8 Å². The molecule has 1 rings (SSSR count). The smallest absolute Gasteiger partial charge is 0.342 e. The minimum Gasteiger partial charge on any atom is -0.477 e. The van der Waals surface area contributed by atoms with Gasteiger partial charge in [0.2, 0.25) is 5.88 Å². The molecule has 0 unspecified atom stereocenters. The lowest BCUT2D eigenvalue weighted by Crippen LogP contribution is -2.13. The lowest BCUT2D eigenvalue weighted by Gasteiger charge is -2.11. The van der Waals surface area contributed by atoms with Crippen molar-refractivity contribution in [3.05, 3.63) is 17.6 Å². The zero-order chi connectivity index (χ0) is 11.4. The van der Waals surface area contributed by atoms with Crippen molar-refractivity contribution in [2.24, 2.45) is 0 Å². The van der Waals surface area contributed by atoms with Crippen molar-refractivity contribution in [3.63, 3.8) is 0 Å². The largest absolute Gasteiger partial charge is 0.477 e. The average Bonchev–Trinajstić information content (AvgIpc) is 2.16. The molecule has 0 bridgehead atoms. The first-order valence-corrected chi connectivity index (χ1v) is 4.80. The highest BCUT2D eigenvalue weighted by atomic mass is 16.5. The molecule has 0 amide bonds. The average molecular weight is 210 g/mol. The molecule has 1 aromatic heterocycles. The lowest BCUT2D eigenvalue weighted by atomic mass is 10.3. The van der Waals surface area contributed by atoms with Crippen molar-refractivity contribution in [1.82, 2.24) is 9.97 Å². The molecule has 0 saturated heterocycles. The highest BCUT2D eigenvalue weighted by Gasteiger charge is 2.15. The van der Waals surface area contributed by atoms with Crippen LogP contribution in [-0.2, 0) is 6.42 Å². The molecule has 0 aromatic carbocycles. The summed E-state index contributed by atoms with van der Waals surface area (Å²) in [4.78, 5) is 18.8. The van der Waals surface area contributed by atoms with Gasteiger partial charge in [0, 0.05) is 12.6 Å². The second-order valence-electron chi connectivity index (χ2n) is 3.33. The monoisotopic (exact) mass is 210 g/mol. The predicted octanol–water partition coefficient (Wildman–Crippen LogP) is 1.52. The van der Waals surface area contributed by atoms with Crippen LogP contribution < -0.4 is 4.74 Å². The van der Waals surface area contributed by atoms with Crippen LogP contribution in [0.4, 0.5) is 0 Å². The maximum atomic E-state index is 10.8. The molecule has 0 aliphatic rings. The van der Waals surface area contributed by atoms with Crippen LogP contribution in [0.15, 0.2) is 6.20 Å². The van der Waals surface area contributed by atoms with Gasteiger partial charge in [-0.25, -0.2) is 9.78 Å². The number of aryl methyl sites for hydroxylation is 1. The second-order valence-corrected chi connectivity index (χ2v) is 3.33. The van der Waals surface area contributed by atoms with Gasteiger partial charge in [-0.15, -0.1) is 0 Å². The Labute approximate surface area is 88.1 Å². The van der Waals surface area contributed by atoms with Gasteiger partial charge in [-0.05, 0) is 13.8 Å². The predicted molar refractivity (Wildman–Crippen MR) is 54.1 cm³/mol. The van der Waals surface area contributed by atoms with Crippen molar-refractivity contribution in [1.29, 1.82) is 0 Å². The van der Waals surface area contributed by atoms with E-state index in [1.165, 1.54) is 6.20 Å². The van der Waals surface area contributed by atoms with E-state index in [4.69, 9.17) is 9.84 Å². The van der Waals surface area contributed by atoms with Crippen LogP contribution in [0.25, 0.3) is 0 Å². The molecule has 0 saturated carbocycles. The first-order valence-electron chi connectivity index (χ1n) is 4.80. The fraction of sp³-hybridized carbons (Fsp3) is 0.500. The van der Waals surface area contributed by atoms with Crippen molar-refractivity contribution in [2.45, 2.75) is 33.3 Å². The Morgan fingerprint density at radius 2 is 2.27 bits per heavy atom. The first kappa shape index (κ1) is 11.4. The Hall–Kier alpha value is -1.65. The van der Waals surface area contributed by atoms with E-state index in [-0.39, 0.29) is 17.5 Å². The molecule has 5 nitrogen and oxygen atoms in total. The first-order chi connectivity index (χ1) is 7.04. The quantitative estimate of drug-likeness (QED) is 0.815. The summed E-state index contributed by atoms with van der Waals surface area (Å²) in [6.07, 6.45) is 1.82. The SMILES string of the molecule is CCc1ncc(C(=O)O)c(OC(C)C)n1. The zero-order valence-corrected chi connectivity index (χ0v) is 9.02. The van der Waals surface area contributed by atoms with Crippen molar-refractivity contribution in [3.8, 4) is 5.88 Å². The molecule has 0 spiro atoms. The van der Waals surface area contributed by atoms with Crippen LogP contribution in [-0.4, -0.2) is 27.1 Å². The van der Waals surface area contributed by atoms with Gasteiger partial charge >= 0.3 is 5.97 Å². The summed E-state index contributed by atoms with van der Waals surface area (Å²) in [6, 6.07) is 0. The normalized spacial score (nSPS) is 10.4. The van der Waals surface area contributed by atoms with Crippen LogP contribution in [0.2, 0.25) is 0 Å². The van der Waals surface area contributed by atoms with Crippen molar-refractivity contribution < 1.29 is 14.6 Å². The Balaban J connectivity index is 3.10. The van der Waals surface area contributed by atoms with Gasteiger partial charge in [0.1, 0.15) is 11.4 Å². The van der Waals surface area contributed by atoms with Gasteiger partial charge in [-0.2, -0.15) is 4.98 Å². The highest BCUT2D eigenvalue weighted by molar-refractivity contribution is 5.89. The molecule has 5 heteroatoms. The fourth-order valence-corrected chi connectivity index (χ4v) is 1.03. The van der Waals surface area contributed by atoms with Gasteiger partial charge in [0.15, 0.2) is 0 Å². The second kappa shape index (κ2) is 4.72. The third-order valence-electron chi connectivity index (χ3n) is 1.70.